The number of nitrogens with zero attached hydrogens (tertiary/aromatic N) is 3. The molecule has 2 aliphatic heterocycles. The predicted molar refractivity (Wildman–Crippen MR) is 180 cm³/mol. The van der Waals surface area contributed by atoms with E-state index in [-0.39, 0.29) is 29.1 Å². The minimum atomic E-state index is -3.82. The first-order chi connectivity index (χ1) is 22.6. The van der Waals surface area contributed by atoms with Crippen LogP contribution < -0.4 is 14.4 Å². The first-order valence-electron chi connectivity index (χ1n) is 16.7. The smallest absolute Gasteiger partial charge is 0.339 e. The van der Waals surface area contributed by atoms with Crippen LogP contribution >= 0.6 is 0 Å². The predicted octanol–water partition coefficient (Wildman–Crippen LogP) is 6.56. The summed E-state index contributed by atoms with van der Waals surface area (Å²) in [5, 5.41) is 14.2. The number of benzene rings is 2. The average Bonchev–Trinajstić information content (AvgIpc) is 3.54. The number of hydrogen-bond acceptors (Lipinski definition) is 7. The molecule has 3 aromatic rings. The first-order valence-corrected chi connectivity index (χ1v) is 18.3. The summed E-state index contributed by atoms with van der Waals surface area (Å²) < 4.78 is 35.1. The monoisotopic (exact) mass is 658 g/mol. The molecule has 47 heavy (non-hydrogen) atoms. The van der Waals surface area contributed by atoms with Crippen molar-refractivity contribution >= 4 is 39.2 Å². The molecule has 0 bridgehead atoms. The second-order valence-corrected chi connectivity index (χ2v) is 15.9. The summed E-state index contributed by atoms with van der Waals surface area (Å²) in [4.78, 5) is 28.3. The van der Waals surface area contributed by atoms with Gasteiger partial charge in [0.05, 0.1) is 36.3 Å². The van der Waals surface area contributed by atoms with Crippen molar-refractivity contribution in [2.45, 2.75) is 88.5 Å². The molecule has 0 saturated heterocycles. The third kappa shape index (κ3) is 5.52. The Hall–Kier alpha value is -4.12. The van der Waals surface area contributed by atoms with Gasteiger partial charge in [-0.15, -0.1) is 0 Å². The summed E-state index contributed by atoms with van der Waals surface area (Å²) >= 11 is 0. The maximum absolute atomic E-state index is 13.4. The molecule has 2 N–H and O–H groups in total. The third-order valence-corrected chi connectivity index (χ3v) is 12.4. The number of ether oxygens (including phenoxy) is 1. The highest BCUT2D eigenvalue weighted by atomic mass is 32.2. The average molecular weight is 659 g/mol. The molecule has 248 valence electrons. The molecule has 11 heteroatoms. The Bertz CT molecular complexity index is 1870. The van der Waals surface area contributed by atoms with Crippen LogP contribution in [-0.4, -0.2) is 54.1 Å². The van der Waals surface area contributed by atoms with Crippen molar-refractivity contribution in [1.82, 2.24) is 14.5 Å². The van der Waals surface area contributed by atoms with E-state index in [1.54, 1.807) is 13.2 Å². The highest BCUT2D eigenvalue weighted by Crippen LogP contribution is 2.57. The normalized spacial score (nSPS) is 21.3. The molecule has 7 rings (SSSR count). The van der Waals surface area contributed by atoms with Gasteiger partial charge in [0.15, 0.2) is 0 Å². The van der Waals surface area contributed by atoms with Crippen LogP contribution in [0.5, 0.6) is 5.75 Å². The Morgan fingerprint density at radius 2 is 1.74 bits per heavy atom. The molecule has 2 fully saturated rings. The number of aromatic nitrogens is 2. The number of carboxylic acids is 1. The molecule has 4 aliphatic rings. The van der Waals surface area contributed by atoms with E-state index in [4.69, 9.17) is 4.74 Å². The largest absolute Gasteiger partial charge is 0.497 e. The molecule has 0 radical (unpaired) electrons. The number of carbonyl (C=O) groups is 2. The molecule has 10 nitrogen and oxygen atoms in total. The van der Waals surface area contributed by atoms with Gasteiger partial charge in [-0.2, -0.15) is 5.10 Å². The standard InChI is InChI=1S/C36H42N4O6S/c1-21(2)47(44,45)38-35(41)23-12-14-29-31(18-23)39-20-25(33-30(36(42)43)19-37-40(33)26-10-7-11-26)16-24-17-27(46-3)13-15-28(24)34(39)32(29)22-8-5-4-6-9-22/h12-19,21-22,26,32,34H,4-11,20H2,1-3H3,(H,38,41)(H,42,43). The molecule has 3 heterocycles. The zero-order valence-electron chi connectivity index (χ0n) is 27.1. The quantitative estimate of drug-likeness (QED) is 0.278. The summed E-state index contributed by atoms with van der Waals surface area (Å²) in [5.41, 5.74) is 5.98. The maximum Gasteiger partial charge on any atom is 0.339 e. The molecule has 2 aromatic carbocycles. The first kappa shape index (κ1) is 31.5. The van der Waals surface area contributed by atoms with Gasteiger partial charge in [0, 0.05) is 23.7 Å². The van der Waals surface area contributed by atoms with Gasteiger partial charge >= 0.3 is 5.97 Å². The molecule has 2 unspecified atom stereocenters. The van der Waals surface area contributed by atoms with Crippen molar-refractivity contribution in [2.75, 3.05) is 18.6 Å². The van der Waals surface area contributed by atoms with E-state index in [0.29, 0.717) is 23.9 Å². The van der Waals surface area contributed by atoms with Crippen LogP contribution in [0.4, 0.5) is 5.69 Å². The van der Waals surface area contributed by atoms with Crippen molar-refractivity contribution in [3.8, 4) is 5.75 Å². The van der Waals surface area contributed by atoms with Gasteiger partial charge in [-0.3, -0.25) is 9.48 Å². The molecule has 0 spiro atoms. The van der Waals surface area contributed by atoms with E-state index in [0.717, 1.165) is 72.9 Å². The van der Waals surface area contributed by atoms with Crippen LogP contribution in [-0.2, 0) is 10.0 Å². The lowest BCUT2D eigenvalue weighted by molar-refractivity contribution is 0.0696. The van der Waals surface area contributed by atoms with Gasteiger partial charge in [0.1, 0.15) is 11.3 Å². The van der Waals surface area contributed by atoms with Crippen molar-refractivity contribution in [3.63, 3.8) is 0 Å². The molecule has 1 aromatic heterocycles. The fourth-order valence-corrected chi connectivity index (χ4v) is 8.58. The zero-order valence-corrected chi connectivity index (χ0v) is 27.9. The Morgan fingerprint density at radius 3 is 2.40 bits per heavy atom. The van der Waals surface area contributed by atoms with Gasteiger partial charge in [-0.1, -0.05) is 31.4 Å². The number of nitrogens with one attached hydrogen (secondary N) is 1. The minimum absolute atomic E-state index is 0.0752. The molecular formula is C36H42N4O6S. The van der Waals surface area contributed by atoms with E-state index in [1.807, 2.05) is 28.9 Å². The van der Waals surface area contributed by atoms with Crippen molar-refractivity contribution < 1.29 is 27.9 Å². The molecular weight excluding hydrogens is 616 g/mol. The highest BCUT2D eigenvalue weighted by molar-refractivity contribution is 7.90. The Balaban J connectivity index is 1.41. The Morgan fingerprint density at radius 1 is 1.00 bits per heavy atom. The van der Waals surface area contributed by atoms with Crippen LogP contribution in [0.15, 0.2) is 42.6 Å². The summed E-state index contributed by atoms with van der Waals surface area (Å²) in [6.07, 6.45) is 12.3. The third-order valence-electron chi connectivity index (χ3n) is 10.7. The fraction of sp³-hybridized carbons (Fsp3) is 0.472. The van der Waals surface area contributed by atoms with Gasteiger partial charge in [-0.05, 0) is 104 Å². The van der Waals surface area contributed by atoms with Gasteiger partial charge < -0.3 is 14.7 Å². The maximum atomic E-state index is 13.4. The van der Waals surface area contributed by atoms with Crippen molar-refractivity contribution in [1.29, 1.82) is 0 Å². The van der Waals surface area contributed by atoms with E-state index in [2.05, 4.69) is 26.9 Å². The summed E-state index contributed by atoms with van der Waals surface area (Å²) in [6.45, 7) is 3.47. The summed E-state index contributed by atoms with van der Waals surface area (Å²) in [6, 6.07) is 11.8. The SMILES string of the molecule is COc1ccc2c(c1)C=C(c1c(C(=O)O)cnn1C1CCC1)CN1c3cc(C(=O)NS(=O)(=O)C(C)C)ccc3C(C3CCCCC3)C21. The molecule has 2 saturated carbocycles. The number of fused-ring (bicyclic) bond motifs is 5. The number of rotatable bonds is 8. The van der Waals surface area contributed by atoms with Crippen LogP contribution in [0.25, 0.3) is 11.6 Å². The van der Waals surface area contributed by atoms with Crippen LogP contribution in [0, 0.1) is 5.92 Å². The van der Waals surface area contributed by atoms with Crippen LogP contribution in [0.3, 0.4) is 0 Å². The highest BCUT2D eigenvalue weighted by Gasteiger charge is 2.46. The number of methoxy groups -OCH3 is 1. The van der Waals surface area contributed by atoms with Crippen LogP contribution in [0.2, 0.25) is 0 Å². The summed E-state index contributed by atoms with van der Waals surface area (Å²) in [7, 11) is -2.18. The van der Waals surface area contributed by atoms with E-state index in [9.17, 15) is 23.1 Å². The number of anilines is 1. The fourth-order valence-electron chi connectivity index (χ4n) is 7.97. The van der Waals surface area contributed by atoms with Gasteiger partial charge in [0.25, 0.3) is 5.91 Å². The van der Waals surface area contributed by atoms with E-state index in [1.165, 1.54) is 26.5 Å². The zero-order chi connectivity index (χ0) is 33.0. The number of aromatic carboxylic acids is 1. The lowest BCUT2D eigenvalue weighted by Gasteiger charge is -2.36. The second kappa shape index (κ2) is 12.2. The number of hydrogen-bond donors (Lipinski definition) is 2. The lowest BCUT2D eigenvalue weighted by atomic mass is 9.73. The Labute approximate surface area is 275 Å². The lowest BCUT2D eigenvalue weighted by Crippen LogP contribution is -2.35. The topological polar surface area (TPSA) is 131 Å². The van der Waals surface area contributed by atoms with E-state index >= 15 is 0 Å². The van der Waals surface area contributed by atoms with E-state index < -0.39 is 27.1 Å². The summed E-state index contributed by atoms with van der Waals surface area (Å²) in [5.74, 6) is -0.410. The Kier molecular flexibility index (Phi) is 8.14. The van der Waals surface area contributed by atoms with Gasteiger partial charge in [-0.25, -0.2) is 17.9 Å². The second-order valence-electron chi connectivity index (χ2n) is 13.7. The van der Waals surface area contributed by atoms with Crippen molar-refractivity contribution in [3.05, 3.63) is 76.1 Å². The van der Waals surface area contributed by atoms with Gasteiger partial charge in [0.2, 0.25) is 10.0 Å². The number of carboxylic acid groups (broad SMARTS) is 1. The van der Waals surface area contributed by atoms with Crippen LogP contribution in [0.1, 0.15) is 126 Å². The number of amides is 1. The number of carbonyl (C=O) groups excluding carboxylic acids is 1. The minimum Gasteiger partial charge on any atom is -0.497 e. The van der Waals surface area contributed by atoms with Crippen molar-refractivity contribution in [2.24, 2.45) is 5.92 Å². The molecule has 2 aliphatic carbocycles. The molecule has 2 atom stereocenters. The molecule has 1 amide bonds. The number of sulfonamides is 1.